The van der Waals surface area contributed by atoms with E-state index in [1.54, 1.807) is 0 Å². The number of phenolic OH excluding ortho intramolecular Hbond substituents is 3. The molecule has 0 aliphatic carbocycles. The second kappa shape index (κ2) is 4.52. The number of rotatable bonds is 1. The highest BCUT2D eigenvalue weighted by Crippen LogP contribution is 2.41. The number of fused-ring (bicyclic) bond motifs is 1. The first-order valence-corrected chi connectivity index (χ1v) is 6.08. The first-order valence-electron chi connectivity index (χ1n) is 6.08. The van der Waals surface area contributed by atoms with Crippen LogP contribution in [0.25, 0.3) is 0 Å². The lowest BCUT2D eigenvalue weighted by molar-refractivity contribution is -0.122. The lowest BCUT2D eigenvalue weighted by atomic mass is 9.94. The second-order valence-corrected chi connectivity index (χ2v) is 4.59. The number of phenols is 3. The van der Waals surface area contributed by atoms with Crippen molar-refractivity contribution in [2.45, 2.75) is 6.10 Å². The summed E-state index contributed by atoms with van der Waals surface area (Å²) < 4.78 is 5.45. The fourth-order valence-corrected chi connectivity index (χ4v) is 2.17. The molecule has 2 aromatic carbocycles. The van der Waals surface area contributed by atoms with Gasteiger partial charge in [-0.25, -0.2) is 0 Å². The molecule has 106 valence electrons. The average Bonchev–Trinajstić information content (AvgIpc) is 2.47. The van der Waals surface area contributed by atoms with E-state index in [4.69, 9.17) is 4.74 Å². The minimum atomic E-state index is -1.14. The van der Waals surface area contributed by atoms with Crippen LogP contribution in [0, 0.1) is 0 Å². The highest BCUT2D eigenvalue weighted by atomic mass is 16.5. The van der Waals surface area contributed by atoms with Gasteiger partial charge in [0, 0.05) is 5.56 Å². The lowest BCUT2D eigenvalue weighted by Crippen LogP contribution is -2.31. The zero-order valence-electron chi connectivity index (χ0n) is 10.6. The van der Waals surface area contributed by atoms with Gasteiger partial charge in [0.25, 0.3) is 0 Å². The third-order valence-electron chi connectivity index (χ3n) is 3.25. The molecule has 1 atom stereocenters. The summed E-state index contributed by atoms with van der Waals surface area (Å²) in [5.74, 6) is -2.90. The molecule has 1 unspecified atom stereocenters. The Hall–Kier alpha value is -3.02. The molecule has 0 bridgehead atoms. The van der Waals surface area contributed by atoms with Gasteiger partial charge in [0.1, 0.15) is 17.1 Å². The SMILES string of the molecule is O=C1C(=O)C(c2ccc(O)cc2)Oc2ccc(O)c(O)c21. The van der Waals surface area contributed by atoms with Crippen molar-refractivity contribution in [2.75, 3.05) is 0 Å². The smallest absolute Gasteiger partial charge is 0.248 e. The first kappa shape index (κ1) is 13.0. The molecule has 6 nitrogen and oxygen atoms in total. The van der Waals surface area contributed by atoms with Gasteiger partial charge in [-0.1, -0.05) is 12.1 Å². The Bertz CT molecular complexity index is 748. The zero-order valence-corrected chi connectivity index (χ0v) is 10.6. The van der Waals surface area contributed by atoms with Crippen LogP contribution >= 0.6 is 0 Å². The van der Waals surface area contributed by atoms with Gasteiger partial charge >= 0.3 is 0 Å². The van der Waals surface area contributed by atoms with Crippen LogP contribution in [-0.2, 0) is 4.79 Å². The number of ketones is 2. The highest BCUT2D eigenvalue weighted by Gasteiger charge is 2.39. The topological polar surface area (TPSA) is 104 Å². The van der Waals surface area contributed by atoms with Crippen LogP contribution in [0.1, 0.15) is 22.0 Å². The molecular weight excluding hydrogens is 276 g/mol. The summed E-state index contributed by atoms with van der Waals surface area (Å²) >= 11 is 0. The molecular formula is C15H10O6. The Morgan fingerprint density at radius 1 is 0.905 bits per heavy atom. The molecule has 0 fully saturated rings. The van der Waals surface area contributed by atoms with E-state index in [-0.39, 0.29) is 17.1 Å². The highest BCUT2D eigenvalue weighted by molar-refractivity contribution is 6.47. The van der Waals surface area contributed by atoms with Gasteiger partial charge in [0.15, 0.2) is 17.6 Å². The third-order valence-corrected chi connectivity index (χ3v) is 3.25. The van der Waals surface area contributed by atoms with Crippen molar-refractivity contribution in [1.82, 2.24) is 0 Å². The Morgan fingerprint density at radius 2 is 1.57 bits per heavy atom. The summed E-state index contributed by atoms with van der Waals surface area (Å²) in [5, 5.41) is 28.3. The number of carbonyl (C=O) groups is 2. The summed E-state index contributed by atoms with van der Waals surface area (Å²) in [6.07, 6.45) is -1.14. The lowest BCUT2D eigenvalue weighted by Gasteiger charge is -2.24. The maximum atomic E-state index is 12.1. The van der Waals surface area contributed by atoms with Crippen molar-refractivity contribution in [3.05, 3.63) is 47.5 Å². The van der Waals surface area contributed by atoms with Crippen molar-refractivity contribution in [3.63, 3.8) is 0 Å². The molecule has 1 aliphatic heterocycles. The summed E-state index contributed by atoms with van der Waals surface area (Å²) in [4.78, 5) is 24.2. The fourth-order valence-electron chi connectivity index (χ4n) is 2.17. The van der Waals surface area contributed by atoms with Gasteiger partial charge in [-0.3, -0.25) is 9.59 Å². The molecule has 0 saturated carbocycles. The van der Waals surface area contributed by atoms with E-state index in [1.165, 1.54) is 36.4 Å². The molecule has 0 aromatic heterocycles. The minimum absolute atomic E-state index is 0.0213. The molecule has 3 rings (SSSR count). The predicted octanol–water partition coefficient (Wildman–Crippen LogP) is 1.69. The molecule has 3 N–H and O–H groups in total. The summed E-state index contributed by atoms with van der Waals surface area (Å²) in [6.45, 7) is 0. The van der Waals surface area contributed by atoms with E-state index in [0.29, 0.717) is 5.56 Å². The van der Waals surface area contributed by atoms with Crippen LogP contribution in [0.5, 0.6) is 23.0 Å². The fraction of sp³-hybridized carbons (Fsp3) is 0.0667. The van der Waals surface area contributed by atoms with Gasteiger partial charge < -0.3 is 20.1 Å². The van der Waals surface area contributed by atoms with Crippen molar-refractivity contribution in [2.24, 2.45) is 0 Å². The molecule has 0 radical (unpaired) electrons. The molecule has 2 aromatic rings. The predicted molar refractivity (Wildman–Crippen MR) is 70.6 cm³/mol. The van der Waals surface area contributed by atoms with E-state index < -0.39 is 29.2 Å². The maximum Gasteiger partial charge on any atom is 0.248 e. The van der Waals surface area contributed by atoms with E-state index in [9.17, 15) is 24.9 Å². The van der Waals surface area contributed by atoms with Crippen LogP contribution in [0.4, 0.5) is 0 Å². The largest absolute Gasteiger partial charge is 0.508 e. The Balaban J connectivity index is 2.08. The second-order valence-electron chi connectivity index (χ2n) is 4.59. The summed E-state index contributed by atoms with van der Waals surface area (Å²) in [5.41, 5.74) is 0.0689. The molecule has 0 saturated heterocycles. The van der Waals surface area contributed by atoms with Gasteiger partial charge in [-0.05, 0) is 24.3 Å². The van der Waals surface area contributed by atoms with E-state index >= 15 is 0 Å². The molecule has 21 heavy (non-hydrogen) atoms. The van der Waals surface area contributed by atoms with Crippen LogP contribution in [0.15, 0.2) is 36.4 Å². The van der Waals surface area contributed by atoms with Gasteiger partial charge in [-0.15, -0.1) is 0 Å². The van der Waals surface area contributed by atoms with Crippen LogP contribution in [0.2, 0.25) is 0 Å². The Morgan fingerprint density at radius 3 is 2.24 bits per heavy atom. The molecule has 0 spiro atoms. The average molecular weight is 286 g/mol. The number of carbonyl (C=O) groups excluding carboxylic acids is 2. The number of benzene rings is 2. The van der Waals surface area contributed by atoms with Crippen molar-refractivity contribution < 1.29 is 29.6 Å². The molecule has 6 heteroatoms. The molecule has 0 amide bonds. The number of hydrogen-bond donors (Lipinski definition) is 3. The van der Waals surface area contributed by atoms with Gasteiger partial charge in [-0.2, -0.15) is 0 Å². The normalized spacial score (nSPS) is 17.2. The van der Waals surface area contributed by atoms with E-state index in [2.05, 4.69) is 0 Å². The standard InChI is InChI=1S/C15H10O6/c16-8-3-1-7(2-4-8)15-14(20)13(19)11-10(21-15)6-5-9(17)12(11)18/h1-6,15-18H. The third kappa shape index (κ3) is 1.97. The molecule has 1 aliphatic rings. The molecule has 1 heterocycles. The Kier molecular flexibility index (Phi) is 2.79. The first-order chi connectivity index (χ1) is 9.99. The number of ether oxygens (including phenoxy) is 1. The Labute approximate surface area is 118 Å². The van der Waals surface area contributed by atoms with Crippen LogP contribution in [-0.4, -0.2) is 26.9 Å². The quantitative estimate of drug-likeness (QED) is 0.544. The number of hydrogen-bond acceptors (Lipinski definition) is 6. The summed E-state index contributed by atoms with van der Waals surface area (Å²) in [7, 11) is 0. The van der Waals surface area contributed by atoms with Crippen molar-refractivity contribution in [1.29, 1.82) is 0 Å². The number of aromatic hydroxyl groups is 3. The monoisotopic (exact) mass is 286 g/mol. The van der Waals surface area contributed by atoms with Crippen molar-refractivity contribution in [3.8, 4) is 23.0 Å². The van der Waals surface area contributed by atoms with E-state index in [0.717, 1.165) is 0 Å². The van der Waals surface area contributed by atoms with Crippen molar-refractivity contribution >= 4 is 11.6 Å². The van der Waals surface area contributed by atoms with Crippen LogP contribution < -0.4 is 4.74 Å². The zero-order chi connectivity index (χ0) is 15.1. The summed E-state index contributed by atoms with van der Waals surface area (Å²) in [6, 6.07) is 8.17. The van der Waals surface area contributed by atoms with E-state index in [1.807, 2.05) is 0 Å². The van der Waals surface area contributed by atoms with Gasteiger partial charge in [0.2, 0.25) is 11.6 Å². The maximum absolute atomic E-state index is 12.1. The van der Waals surface area contributed by atoms with Gasteiger partial charge in [0.05, 0.1) is 0 Å². The minimum Gasteiger partial charge on any atom is -0.508 e. The number of Topliss-reactive ketones (excluding diaryl/α,β-unsaturated/α-hetero) is 2. The van der Waals surface area contributed by atoms with Crippen LogP contribution in [0.3, 0.4) is 0 Å².